The van der Waals surface area contributed by atoms with E-state index in [1.807, 2.05) is 0 Å². The van der Waals surface area contributed by atoms with Crippen LogP contribution in [0.15, 0.2) is 11.6 Å². The van der Waals surface area contributed by atoms with Gasteiger partial charge >= 0.3 is 0 Å². The van der Waals surface area contributed by atoms with E-state index >= 15 is 0 Å². The predicted molar refractivity (Wildman–Crippen MR) is 117 cm³/mol. The lowest BCUT2D eigenvalue weighted by Gasteiger charge is -2.58. The topological polar surface area (TPSA) is 35.5 Å². The van der Waals surface area contributed by atoms with Gasteiger partial charge in [-0.1, -0.05) is 25.5 Å². The van der Waals surface area contributed by atoms with Gasteiger partial charge < -0.3 is 15.3 Å². The van der Waals surface area contributed by atoms with Crippen molar-refractivity contribution in [2.75, 3.05) is 27.2 Å². The first-order chi connectivity index (χ1) is 13.3. The third-order valence-corrected chi connectivity index (χ3v) is 9.78. The summed E-state index contributed by atoms with van der Waals surface area (Å²) in [7, 11) is 4.33. The molecule has 8 atom stereocenters. The number of likely N-dealkylation sites (N-methyl/N-ethyl adjacent to an activating group) is 1. The highest BCUT2D eigenvalue weighted by Crippen LogP contribution is 2.66. The number of rotatable bonds is 5. The first-order valence-electron chi connectivity index (χ1n) is 12.0. The van der Waals surface area contributed by atoms with Crippen molar-refractivity contribution in [3.05, 3.63) is 11.6 Å². The molecule has 0 aromatic rings. The minimum atomic E-state index is -0.0883. The minimum Gasteiger partial charge on any atom is -0.393 e. The fourth-order valence-electron chi connectivity index (χ4n) is 8.16. The van der Waals surface area contributed by atoms with E-state index in [2.05, 4.69) is 51.2 Å². The molecule has 0 aromatic carbocycles. The van der Waals surface area contributed by atoms with Crippen molar-refractivity contribution >= 4 is 0 Å². The number of hydrogen-bond acceptors (Lipinski definition) is 3. The summed E-state index contributed by atoms with van der Waals surface area (Å²) in [4.78, 5) is 2.28. The molecule has 160 valence electrons. The quantitative estimate of drug-likeness (QED) is 0.682. The van der Waals surface area contributed by atoms with Crippen LogP contribution in [0.3, 0.4) is 0 Å². The molecule has 0 bridgehead atoms. The van der Waals surface area contributed by atoms with Crippen molar-refractivity contribution in [3.63, 3.8) is 0 Å². The third-order valence-electron chi connectivity index (χ3n) is 9.78. The maximum absolute atomic E-state index is 10.2. The molecule has 0 spiro atoms. The predicted octanol–water partition coefficient (Wildman–Crippen LogP) is 4.47. The lowest BCUT2D eigenvalue weighted by Crippen LogP contribution is -2.52. The van der Waals surface area contributed by atoms with Gasteiger partial charge in [-0.3, -0.25) is 0 Å². The van der Waals surface area contributed by atoms with Crippen molar-refractivity contribution in [2.45, 2.75) is 84.3 Å². The first-order valence-corrected chi connectivity index (χ1v) is 12.0. The van der Waals surface area contributed by atoms with E-state index in [-0.39, 0.29) is 6.10 Å². The molecule has 4 rings (SSSR count). The summed E-state index contributed by atoms with van der Waals surface area (Å²) in [5, 5.41) is 14.1. The Bertz CT molecular complexity index is 601. The van der Waals surface area contributed by atoms with Crippen LogP contribution in [-0.2, 0) is 0 Å². The molecule has 4 aliphatic rings. The summed E-state index contributed by atoms with van der Waals surface area (Å²) in [5.74, 6) is 3.46. The molecule has 0 aromatic heterocycles. The summed E-state index contributed by atoms with van der Waals surface area (Å²) in [5.41, 5.74) is 2.49. The molecular weight excluding hydrogens is 344 g/mol. The van der Waals surface area contributed by atoms with Crippen LogP contribution in [0.4, 0.5) is 0 Å². The van der Waals surface area contributed by atoms with Gasteiger partial charge in [0.1, 0.15) is 0 Å². The summed E-state index contributed by atoms with van der Waals surface area (Å²) >= 11 is 0. The Hall–Kier alpha value is -0.380. The SMILES string of the molecule is C[C@@H](NCCN(C)C)[C@H]1CC[C@H]2[C@@H]3CC=C4CC(O)CC[C@]4(C)[C@H]3CC[C@]12C. The average Bonchev–Trinajstić information content (AvgIpc) is 2.99. The molecule has 3 nitrogen and oxygen atoms in total. The fraction of sp³-hybridized carbons (Fsp3) is 0.920. The second kappa shape index (κ2) is 7.71. The van der Waals surface area contributed by atoms with Crippen LogP contribution in [0.5, 0.6) is 0 Å². The van der Waals surface area contributed by atoms with E-state index in [4.69, 9.17) is 0 Å². The zero-order valence-corrected chi connectivity index (χ0v) is 19.0. The van der Waals surface area contributed by atoms with Crippen molar-refractivity contribution in [1.82, 2.24) is 10.2 Å². The second-order valence-corrected chi connectivity index (χ2v) is 11.4. The van der Waals surface area contributed by atoms with Crippen molar-refractivity contribution < 1.29 is 5.11 Å². The molecule has 4 aliphatic carbocycles. The van der Waals surface area contributed by atoms with Crippen LogP contribution in [0.1, 0.15) is 72.1 Å². The largest absolute Gasteiger partial charge is 0.393 e. The Kier molecular flexibility index (Phi) is 5.74. The third kappa shape index (κ3) is 3.40. The van der Waals surface area contributed by atoms with Crippen LogP contribution >= 0.6 is 0 Å². The molecular formula is C25H44N2O. The van der Waals surface area contributed by atoms with E-state index < -0.39 is 0 Å². The van der Waals surface area contributed by atoms with Crippen LogP contribution in [0.25, 0.3) is 0 Å². The van der Waals surface area contributed by atoms with E-state index in [1.165, 1.54) is 38.5 Å². The molecule has 0 amide bonds. The van der Waals surface area contributed by atoms with Crippen LogP contribution in [0, 0.1) is 34.5 Å². The van der Waals surface area contributed by atoms with Gasteiger partial charge in [0.25, 0.3) is 0 Å². The maximum Gasteiger partial charge on any atom is 0.0577 e. The van der Waals surface area contributed by atoms with E-state index in [1.54, 1.807) is 5.57 Å². The minimum absolute atomic E-state index is 0.0883. The zero-order chi connectivity index (χ0) is 20.1. The molecule has 28 heavy (non-hydrogen) atoms. The maximum atomic E-state index is 10.2. The van der Waals surface area contributed by atoms with Crippen LogP contribution < -0.4 is 5.32 Å². The molecule has 3 fully saturated rings. The van der Waals surface area contributed by atoms with Crippen molar-refractivity contribution in [2.24, 2.45) is 34.5 Å². The van der Waals surface area contributed by atoms with Crippen LogP contribution in [-0.4, -0.2) is 49.3 Å². The van der Waals surface area contributed by atoms with E-state index in [0.717, 1.165) is 49.6 Å². The monoisotopic (exact) mass is 388 g/mol. The van der Waals surface area contributed by atoms with E-state index in [9.17, 15) is 5.11 Å². The van der Waals surface area contributed by atoms with E-state index in [0.29, 0.717) is 16.9 Å². The van der Waals surface area contributed by atoms with Gasteiger partial charge in [0.05, 0.1) is 6.10 Å². The highest BCUT2D eigenvalue weighted by atomic mass is 16.3. The molecule has 1 unspecified atom stereocenters. The fourth-order valence-corrected chi connectivity index (χ4v) is 8.16. The molecule has 0 saturated heterocycles. The number of aliphatic hydroxyl groups excluding tert-OH is 1. The summed E-state index contributed by atoms with van der Waals surface area (Å²) in [6, 6.07) is 0.626. The van der Waals surface area contributed by atoms with Gasteiger partial charge in [0.15, 0.2) is 0 Å². The summed E-state index contributed by atoms with van der Waals surface area (Å²) in [6.45, 7) is 9.86. The Morgan fingerprint density at radius 3 is 2.68 bits per heavy atom. The number of hydrogen-bond donors (Lipinski definition) is 2. The lowest BCUT2D eigenvalue weighted by atomic mass is 9.47. The first kappa shape index (κ1) is 20.9. The molecule has 0 aliphatic heterocycles. The molecule has 3 saturated carbocycles. The number of nitrogens with zero attached hydrogens (tertiary/aromatic N) is 1. The van der Waals surface area contributed by atoms with Crippen LogP contribution in [0.2, 0.25) is 0 Å². The number of fused-ring (bicyclic) bond motifs is 5. The highest BCUT2D eigenvalue weighted by molar-refractivity contribution is 5.25. The Labute approximate surface area is 173 Å². The highest BCUT2D eigenvalue weighted by Gasteiger charge is 2.59. The molecule has 0 heterocycles. The van der Waals surface area contributed by atoms with Gasteiger partial charge in [0, 0.05) is 19.1 Å². The normalized spacial score (nSPS) is 46.5. The zero-order valence-electron chi connectivity index (χ0n) is 19.0. The standard InChI is InChI=1S/C25H44N2O/c1-17(26-14-15-27(4)5)21-8-9-22-20-7-6-18-16-19(28)10-12-24(18,2)23(20)11-13-25(21,22)3/h6,17,19-23,26,28H,7-16H2,1-5H3/t17-,19?,20+,21-,22+,23+,24+,25-/m1/s1. The second-order valence-electron chi connectivity index (χ2n) is 11.4. The Morgan fingerprint density at radius 1 is 1.14 bits per heavy atom. The number of allylic oxidation sites excluding steroid dienone is 1. The van der Waals surface area contributed by atoms with Gasteiger partial charge in [-0.2, -0.15) is 0 Å². The lowest BCUT2D eigenvalue weighted by molar-refractivity contribution is -0.0535. The number of aliphatic hydroxyl groups is 1. The van der Waals surface area contributed by atoms with Gasteiger partial charge in [-0.05, 0) is 107 Å². The van der Waals surface area contributed by atoms with Crippen molar-refractivity contribution in [3.8, 4) is 0 Å². The van der Waals surface area contributed by atoms with Gasteiger partial charge in [-0.25, -0.2) is 0 Å². The van der Waals surface area contributed by atoms with Gasteiger partial charge in [-0.15, -0.1) is 0 Å². The average molecular weight is 389 g/mol. The summed E-state index contributed by atoms with van der Waals surface area (Å²) in [6.07, 6.45) is 12.6. The molecule has 0 radical (unpaired) electrons. The Balaban J connectivity index is 1.49. The number of nitrogens with one attached hydrogen (secondary N) is 1. The molecule has 3 heteroatoms. The van der Waals surface area contributed by atoms with Gasteiger partial charge in [0.2, 0.25) is 0 Å². The Morgan fingerprint density at radius 2 is 1.93 bits per heavy atom. The smallest absolute Gasteiger partial charge is 0.0577 e. The van der Waals surface area contributed by atoms with Crippen molar-refractivity contribution in [1.29, 1.82) is 0 Å². The molecule has 2 N–H and O–H groups in total. The summed E-state index contributed by atoms with van der Waals surface area (Å²) < 4.78 is 0.